The van der Waals surface area contributed by atoms with Gasteiger partial charge in [0.1, 0.15) is 0 Å². The SMILES string of the molecule is CCc1ccc(C=C(C=O)C=O)cc1. The average molecular weight is 188 g/mol. The van der Waals surface area contributed by atoms with E-state index in [0.717, 1.165) is 12.0 Å². The summed E-state index contributed by atoms with van der Waals surface area (Å²) in [7, 11) is 0. The number of benzene rings is 1. The van der Waals surface area contributed by atoms with Crippen LogP contribution < -0.4 is 0 Å². The second kappa shape index (κ2) is 5.12. The van der Waals surface area contributed by atoms with Gasteiger partial charge in [-0.05, 0) is 23.6 Å². The molecule has 0 radical (unpaired) electrons. The Kier molecular flexibility index (Phi) is 3.80. The van der Waals surface area contributed by atoms with E-state index in [2.05, 4.69) is 6.92 Å². The third-order valence-electron chi connectivity index (χ3n) is 1.99. The molecule has 2 nitrogen and oxygen atoms in total. The molecule has 0 fully saturated rings. The van der Waals surface area contributed by atoms with Crippen molar-refractivity contribution < 1.29 is 9.59 Å². The summed E-state index contributed by atoms with van der Waals surface area (Å²) < 4.78 is 0. The van der Waals surface area contributed by atoms with Crippen LogP contribution >= 0.6 is 0 Å². The molecule has 72 valence electrons. The lowest BCUT2D eigenvalue weighted by Gasteiger charge is -1.97. The molecule has 0 aliphatic heterocycles. The summed E-state index contributed by atoms with van der Waals surface area (Å²) in [6.45, 7) is 2.08. The van der Waals surface area contributed by atoms with Crippen LogP contribution in [0.2, 0.25) is 0 Å². The van der Waals surface area contributed by atoms with Crippen LogP contribution in [0.3, 0.4) is 0 Å². The number of hydrogen-bond acceptors (Lipinski definition) is 2. The Morgan fingerprint density at radius 3 is 2.14 bits per heavy atom. The lowest BCUT2D eigenvalue weighted by Crippen LogP contribution is -1.86. The Balaban J connectivity index is 2.92. The van der Waals surface area contributed by atoms with Gasteiger partial charge in [-0.1, -0.05) is 31.2 Å². The fraction of sp³-hybridized carbons (Fsp3) is 0.167. The number of aldehydes is 2. The summed E-state index contributed by atoms with van der Waals surface area (Å²) in [6.07, 6.45) is 3.67. The van der Waals surface area contributed by atoms with Crippen LogP contribution in [0, 0.1) is 0 Å². The maximum Gasteiger partial charge on any atom is 0.153 e. The monoisotopic (exact) mass is 188 g/mol. The lowest BCUT2D eigenvalue weighted by molar-refractivity contribution is -0.109. The van der Waals surface area contributed by atoms with Crippen molar-refractivity contribution in [3.8, 4) is 0 Å². The Bertz CT molecular complexity index is 337. The smallest absolute Gasteiger partial charge is 0.153 e. The van der Waals surface area contributed by atoms with E-state index in [-0.39, 0.29) is 5.57 Å². The highest BCUT2D eigenvalue weighted by Crippen LogP contribution is 2.07. The zero-order valence-corrected chi connectivity index (χ0v) is 8.07. The summed E-state index contributed by atoms with van der Waals surface area (Å²) in [5.41, 5.74) is 2.27. The van der Waals surface area contributed by atoms with Crippen LogP contribution in [-0.2, 0) is 16.0 Å². The topological polar surface area (TPSA) is 34.1 Å². The van der Waals surface area contributed by atoms with E-state index in [1.165, 1.54) is 5.56 Å². The van der Waals surface area contributed by atoms with Gasteiger partial charge < -0.3 is 0 Å². The lowest BCUT2D eigenvalue weighted by atomic mass is 10.1. The average Bonchev–Trinajstić information content (AvgIpc) is 2.26. The van der Waals surface area contributed by atoms with Gasteiger partial charge in [-0.3, -0.25) is 9.59 Å². The van der Waals surface area contributed by atoms with Gasteiger partial charge in [0.25, 0.3) is 0 Å². The van der Waals surface area contributed by atoms with Gasteiger partial charge in [-0.25, -0.2) is 0 Å². The molecule has 0 heterocycles. The Labute approximate surface area is 83.3 Å². The highest BCUT2D eigenvalue weighted by molar-refractivity contribution is 6.04. The summed E-state index contributed by atoms with van der Waals surface area (Å²) in [5, 5.41) is 0. The van der Waals surface area contributed by atoms with Crippen molar-refractivity contribution in [1.29, 1.82) is 0 Å². The van der Waals surface area contributed by atoms with Gasteiger partial charge in [0.15, 0.2) is 12.6 Å². The molecule has 0 amide bonds. The summed E-state index contributed by atoms with van der Waals surface area (Å²) in [5.74, 6) is 0. The molecule has 0 aliphatic rings. The van der Waals surface area contributed by atoms with Gasteiger partial charge in [0.05, 0.1) is 5.57 Å². The molecule has 2 heteroatoms. The highest BCUT2D eigenvalue weighted by atomic mass is 16.1. The molecule has 0 bridgehead atoms. The third kappa shape index (κ3) is 2.66. The predicted molar refractivity (Wildman–Crippen MR) is 55.9 cm³/mol. The molecule has 1 aromatic carbocycles. The van der Waals surface area contributed by atoms with Crippen molar-refractivity contribution in [2.75, 3.05) is 0 Å². The normalized spacial score (nSPS) is 9.21. The molecule has 0 saturated carbocycles. The minimum absolute atomic E-state index is 0.161. The number of carbonyl (C=O) groups excluding carboxylic acids is 2. The van der Waals surface area contributed by atoms with Crippen LogP contribution in [0.5, 0.6) is 0 Å². The quantitative estimate of drug-likeness (QED) is 0.313. The number of hydrogen-bond donors (Lipinski definition) is 0. The van der Waals surface area contributed by atoms with Crippen LogP contribution in [0.15, 0.2) is 29.8 Å². The minimum atomic E-state index is 0.161. The fourth-order valence-corrected chi connectivity index (χ4v) is 1.14. The van der Waals surface area contributed by atoms with E-state index in [9.17, 15) is 9.59 Å². The van der Waals surface area contributed by atoms with Gasteiger partial charge in [-0.2, -0.15) is 0 Å². The Hall–Kier alpha value is -1.70. The zero-order valence-electron chi connectivity index (χ0n) is 8.07. The predicted octanol–water partition coefficient (Wildman–Crippen LogP) is 2.03. The van der Waals surface area contributed by atoms with Crippen LogP contribution in [0.25, 0.3) is 6.08 Å². The first-order valence-corrected chi connectivity index (χ1v) is 4.51. The standard InChI is InChI=1S/C12H12O2/c1-2-10-3-5-11(6-4-10)7-12(8-13)9-14/h3-9H,2H2,1H3. The largest absolute Gasteiger partial charge is 0.298 e. The molecule has 0 unspecified atom stereocenters. The van der Waals surface area contributed by atoms with Gasteiger partial charge in [0, 0.05) is 0 Å². The minimum Gasteiger partial charge on any atom is -0.298 e. The first-order valence-electron chi connectivity index (χ1n) is 4.51. The van der Waals surface area contributed by atoms with Crippen LogP contribution in [0.4, 0.5) is 0 Å². The molecule has 0 atom stereocenters. The van der Waals surface area contributed by atoms with Crippen molar-refractivity contribution in [1.82, 2.24) is 0 Å². The molecule has 1 aromatic rings. The first kappa shape index (κ1) is 10.4. The molecule has 0 spiro atoms. The van der Waals surface area contributed by atoms with Gasteiger partial charge >= 0.3 is 0 Å². The van der Waals surface area contributed by atoms with E-state index >= 15 is 0 Å². The van der Waals surface area contributed by atoms with Crippen LogP contribution in [0.1, 0.15) is 18.1 Å². The van der Waals surface area contributed by atoms with Crippen molar-refractivity contribution >= 4 is 18.6 Å². The molecule has 0 saturated heterocycles. The molecule has 0 aliphatic carbocycles. The van der Waals surface area contributed by atoms with E-state index in [4.69, 9.17) is 0 Å². The van der Waals surface area contributed by atoms with Crippen LogP contribution in [-0.4, -0.2) is 12.6 Å². The summed E-state index contributed by atoms with van der Waals surface area (Å²) >= 11 is 0. The van der Waals surface area contributed by atoms with E-state index in [0.29, 0.717) is 12.6 Å². The Morgan fingerprint density at radius 2 is 1.71 bits per heavy atom. The first-order chi connectivity index (χ1) is 6.80. The molecule has 0 aromatic heterocycles. The van der Waals surface area contributed by atoms with Gasteiger partial charge in [-0.15, -0.1) is 0 Å². The number of rotatable bonds is 4. The van der Waals surface area contributed by atoms with Crippen molar-refractivity contribution in [2.24, 2.45) is 0 Å². The molecular formula is C12H12O2. The summed E-state index contributed by atoms with van der Waals surface area (Å²) in [4.78, 5) is 20.7. The second-order valence-corrected chi connectivity index (χ2v) is 2.98. The number of aryl methyl sites for hydroxylation is 1. The molecular weight excluding hydrogens is 176 g/mol. The summed E-state index contributed by atoms with van der Waals surface area (Å²) in [6, 6.07) is 7.76. The Morgan fingerprint density at radius 1 is 1.14 bits per heavy atom. The second-order valence-electron chi connectivity index (χ2n) is 2.98. The maximum absolute atomic E-state index is 10.4. The third-order valence-corrected chi connectivity index (χ3v) is 1.99. The highest BCUT2D eigenvalue weighted by Gasteiger charge is 1.93. The van der Waals surface area contributed by atoms with E-state index in [1.807, 2.05) is 24.3 Å². The molecule has 0 N–H and O–H groups in total. The molecule has 14 heavy (non-hydrogen) atoms. The van der Waals surface area contributed by atoms with Crippen molar-refractivity contribution in [3.63, 3.8) is 0 Å². The fourth-order valence-electron chi connectivity index (χ4n) is 1.14. The van der Waals surface area contributed by atoms with E-state index in [1.54, 1.807) is 6.08 Å². The van der Waals surface area contributed by atoms with E-state index < -0.39 is 0 Å². The van der Waals surface area contributed by atoms with Gasteiger partial charge in [0.2, 0.25) is 0 Å². The molecule has 1 rings (SSSR count). The van der Waals surface area contributed by atoms with Crippen molar-refractivity contribution in [3.05, 3.63) is 41.0 Å². The van der Waals surface area contributed by atoms with Crippen molar-refractivity contribution in [2.45, 2.75) is 13.3 Å². The number of allylic oxidation sites excluding steroid dienone is 1. The number of carbonyl (C=O) groups is 2. The maximum atomic E-state index is 10.4. The zero-order chi connectivity index (χ0) is 10.4.